The fourth-order valence-electron chi connectivity index (χ4n) is 0.517. The highest BCUT2D eigenvalue weighted by atomic mass is 35.5. The molecule has 0 aliphatic heterocycles. The summed E-state index contributed by atoms with van der Waals surface area (Å²) in [6.07, 6.45) is -2.47. The van der Waals surface area contributed by atoms with Crippen molar-refractivity contribution >= 4 is 23.7 Å². The van der Waals surface area contributed by atoms with Crippen molar-refractivity contribution in [2.45, 2.75) is 13.0 Å². The lowest BCUT2D eigenvalue weighted by atomic mass is 10.5. The topological polar surface area (TPSA) is 38.9 Å². The number of nitrogens with zero attached hydrogens (tertiary/aromatic N) is 1. The van der Waals surface area contributed by atoms with Crippen LogP contribution in [0.2, 0.25) is 0 Å². The van der Waals surface area contributed by atoms with Gasteiger partial charge in [0.2, 0.25) is 0 Å². The van der Waals surface area contributed by atoms with Gasteiger partial charge in [-0.15, -0.1) is 23.7 Å². The SMILES string of the molecule is Cl.NCc1csc(C(F)F)n1. The average Bonchev–Trinajstić information content (AvgIpc) is 2.34. The van der Waals surface area contributed by atoms with Gasteiger partial charge < -0.3 is 5.73 Å². The molecule has 6 heteroatoms. The van der Waals surface area contributed by atoms with Crippen LogP contribution in [0.1, 0.15) is 17.1 Å². The van der Waals surface area contributed by atoms with Crippen LogP contribution in [0.25, 0.3) is 0 Å². The van der Waals surface area contributed by atoms with Crippen molar-refractivity contribution in [3.05, 3.63) is 16.1 Å². The van der Waals surface area contributed by atoms with Crippen molar-refractivity contribution in [1.82, 2.24) is 4.98 Å². The number of alkyl halides is 2. The second-order valence-corrected chi connectivity index (χ2v) is 2.57. The molecule has 2 nitrogen and oxygen atoms in total. The van der Waals surface area contributed by atoms with E-state index in [1.54, 1.807) is 5.38 Å². The molecule has 1 rings (SSSR count). The Hall–Kier alpha value is -0.260. The Bertz CT molecular complexity index is 216. The molecule has 0 fully saturated rings. The molecule has 1 aromatic rings. The second-order valence-electron chi connectivity index (χ2n) is 1.68. The van der Waals surface area contributed by atoms with Crippen LogP contribution in [-0.2, 0) is 6.54 Å². The lowest BCUT2D eigenvalue weighted by Crippen LogP contribution is -1.96. The number of aromatic nitrogens is 1. The maximum absolute atomic E-state index is 11.8. The van der Waals surface area contributed by atoms with Crippen LogP contribution in [0, 0.1) is 0 Å². The third-order valence-corrected chi connectivity index (χ3v) is 1.87. The summed E-state index contributed by atoms with van der Waals surface area (Å²) < 4.78 is 23.6. The zero-order valence-corrected chi connectivity index (χ0v) is 7.09. The van der Waals surface area contributed by atoms with Gasteiger partial charge in [0, 0.05) is 11.9 Å². The normalized spacial score (nSPS) is 9.82. The standard InChI is InChI=1S/C5H6F2N2S.ClH/c6-4(7)5-9-3(1-8)2-10-5;/h2,4H,1,8H2;1H. The molecule has 1 heterocycles. The third kappa shape index (κ3) is 2.69. The number of hydrogen-bond donors (Lipinski definition) is 1. The van der Waals surface area contributed by atoms with Crippen LogP contribution in [0.5, 0.6) is 0 Å². The average molecular weight is 201 g/mol. The minimum absolute atomic E-state index is 0. The van der Waals surface area contributed by atoms with Crippen molar-refractivity contribution in [2.24, 2.45) is 5.73 Å². The van der Waals surface area contributed by atoms with Crippen LogP contribution in [0.3, 0.4) is 0 Å². The van der Waals surface area contributed by atoms with Gasteiger partial charge in [-0.2, -0.15) is 0 Å². The third-order valence-electron chi connectivity index (χ3n) is 0.965. The van der Waals surface area contributed by atoms with Crippen molar-refractivity contribution in [2.75, 3.05) is 0 Å². The Balaban J connectivity index is 0.000001000. The molecule has 0 amide bonds. The summed E-state index contributed by atoms with van der Waals surface area (Å²) in [4.78, 5) is 3.57. The van der Waals surface area contributed by atoms with Crippen LogP contribution >= 0.6 is 23.7 Å². The van der Waals surface area contributed by atoms with E-state index < -0.39 is 6.43 Å². The summed E-state index contributed by atoms with van der Waals surface area (Å²) in [6.45, 7) is 0.225. The van der Waals surface area contributed by atoms with E-state index in [-0.39, 0.29) is 24.0 Å². The minimum atomic E-state index is -2.47. The first-order chi connectivity index (χ1) is 4.74. The predicted molar refractivity (Wildman–Crippen MR) is 42.2 cm³/mol. The van der Waals surface area contributed by atoms with Crippen molar-refractivity contribution in [1.29, 1.82) is 0 Å². The molecule has 2 N–H and O–H groups in total. The highest BCUT2D eigenvalue weighted by Gasteiger charge is 2.10. The molecule has 0 aliphatic carbocycles. The van der Waals surface area contributed by atoms with Crippen LogP contribution in [-0.4, -0.2) is 4.98 Å². The van der Waals surface area contributed by atoms with Gasteiger partial charge in [-0.25, -0.2) is 13.8 Å². The Labute approximate surface area is 72.8 Å². The van der Waals surface area contributed by atoms with E-state index in [0.717, 1.165) is 11.3 Å². The molecule has 0 aliphatic rings. The molecule has 0 saturated carbocycles. The lowest BCUT2D eigenvalue weighted by Gasteiger charge is -1.88. The molecule has 64 valence electrons. The summed E-state index contributed by atoms with van der Waals surface area (Å²) in [5, 5.41) is 1.39. The van der Waals surface area contributed by atoms with Gasteiger partial charge >= 0.3 is 0 Å². The molecule has 0 bridgehead atoms. The largest absolute Gasteiger partial charge is 0.325 e. The molecular formula is C5H7ClF2N2S. The van der Waals surface area contributed by atoms with Gasteiger partial charge in [0.1, 0.15) is 0 Å². The number of halogens is 3. The number of hydrogen-bond acceptors (Lipinski definition) is 3. The fraction of sp³-hybridized carbons (Fsp3) is 0.400. The van der Waals surface area contributed by atoms with Gasteiger partial charge in [-0.3, -0.25) is 0 Å². The molecular weight excluding hydrogens is 194 g/mol. The summed E-state index contributed by atoms with van der Waals surface area (Å²) in [6, 6.07) is 0. The van der Waals surface area contributed by atoms with E-state index in [0.29, 0.717) is 5.69 Å². The number of thiazole rings is 1. The molecule has 0 aromatic carbocycles. The molecule has 0 radical (unpaired) electrons. The van der Waals surface area contributed by atoms with E-state index >= 15 is 0 Å². The zero-order valence-electron chi connectivity index (χ0n) is 5.46. The summed E-state index contributed by atoms with van der Waals surface area (Å²) >= 11 is 0.941. The second kappa shape index (κ2) is 4.58. The van der Waals surface area contributed by atoms with E-state index in [1.807, 2.05) is 0 Å². The Morgan fingerprint density at radius 3 is 2.55 bits per heavy atom. The highest BCUT2D eigenvalue weighted by Crippen LogP contribution is 2.21. The zero-order chi connectivity index (χ0) is 7.56. The van der Waals surface area contributed by atoms with Crippen molar-refractivity contribution in [3.63, 3.8) is 0 Å². The Kier molecular flexibility index (Phi) is 4.48. The Morgan fingerprint density at radius 1 is 1.64 bits per heavy atom. The molecule has 0 spiro atoms. The van der Waals surface area contributed by atoms with Crippen LogP contribution in [0.4, 0.5) is 8.78 Å². The quantitative estimate of drug-likeness (QED) is 0.793. The van der Waals surface area contributed by atoms with Gasteiger partial charge in [-0.1, -0.05) is 0 Å². The van der Waals surface area contributed by atoms with Gasteiger partial charge in [-0.05, 0) is 0 Å². The molecule has 0 atom stereocenters. The maximum atomic E-state index is 11.8. The van der Waals surface area contributed by atoms with Crippen molar-refractivity contribution < 1.29 is 8.78 Å². The first-order valence-electron chi connectivity index (χ1n) is 2.66. The number of rotatable bonds is 2. The van der Waals surface area contributed by atoms with Crippen LogP contribution < -0.4 is 5.73 Å². The van der Waals surface area contributed by atoms with Gasteiger partial charge in [0.05, 0.1) is 5.69 Å². The molecule has 1 aromatic heterocycles. The van der Waals surface area contributed by atoms with E-state index in [1.165, 1.54) is 0 Å². The number of nitrogens with two attached hydrogens (primary N) is 1. The van der Waals surface area contributed by atoms with E-state index in [4.69, 9.17) is 5.73 Å². The molecule has 0 saturated heterocycles. The monoisotopic (exact) mass is 200 g/mol. The van der Waals surface area contributed by atoms with Gasteiger partial charge in [0.25, 0.3) is 6.43 Å². The first-order valence-corrected chi connectivity index (χ1v) is 3.54. The minimum Gasteiger partial charge on any atom is -0.325 e. The fourth-order valence-corrected chi connectivity index (χ4v) is 1.20. The van der Waals surface area contributed by atoms with E-state index in [9.17, 15) is 8.78 Å². The van der Waals surface area contributed by atoms with Crippen LogP contribution in [0.15, 0.2) is 5.38 Å². The highest BCUT2D eigenvalue weighted by molar-refractivity contribution is 7.09. The predicted octanol–water partition coefficient (Wildman–Crippen LogP) is 1.96. The molecule has 11 heavy (non-hydrogen) atoms. The summed E-state index contributed by atoms with van der Waals surface area (Å²) in [5.41, 5.74) is 5.69. The van der Waals surface area contributed by atoms with Crippen molar-refractivity contribution in [3.8, 4) is 0 Å². The Morgan fingerprint density at radius 2 is 2.27 bits per heavy atom. The maximum Gasteiger partial charge on any atom is 0.289 e. The van der Waals surface area contributed by atoms with E-state index in [2.05, 4.69) is 4.98 Å². The lowest BCUT2D eigenvalue weighted by molar-refractivity contribution is 0.150. The summed E-state index contributed by atoms with van der Waals surface area (Å²) in [7, 11) is 0. The summed E-state index contributed by atoms with van der Waals surface area (Å²) in [5.74, 6) is 0. The van der Waals surface area contributed by atoms with Gasteiger partial charge in [0.15, 0.2) is 5.01 Å². The smallest absolute Gasteiger partial charge is 0.289 e. The molecule has 0 unspecified atom stereocenters. The first kappa shape index (κ1) is 10.7.